The van der Waals surface area contributed by atoms with Crippen LogP contribution in [0.4, 0.5) is 5.13 Å². The molecule has 1 N–H and O–H groups in total. The molecule has 0 aliphatic carbocycles. The standard InChI is InChI=1S/C15H26N2O2S/c1-5-9-12-13(14(18)19)20-15(16-12)17(8-4)10-11(6-2)7-3/h11H,5-10H2,1-4H3,(H,18,19). The Labute approximate surface area is 125 Å². The highest BCUT2D eigenvalue weighted by atomic mass is 32.1. The topological polar surface area (TPSA) is 53.4 Å². The molecule has 0 aromatic carbocycles. The number of aromatic carboxylic acids is 1. The molecule has 0 saturated heterocycles. The van der Waals surface area contributed by atoms with Crippen LogP contribution in [0.25, 0.3) is 0 Å². The molecule has 0 saturated carbocycles. The molecule has 4 nitrogen and oxygen atoms in total. The number of hydrogen-bond donors (Lipinski definition) is 1. The number of thiazole rings is 1. The molecule has 5 heteroatoms. The zero-order valence-corrected chi connectivity index (χ0v) is 13.8. The summed E-state index contributed by atoms with van der Waals surface area (Å²) in [5, 5.41) is 10.1. The Morgan fingerprint density at radius 2 is 1.95 bits per heavy atom. The summed E-state index contributed by atoms with van der Waals surface area (Å²) >= 11 is 1.32. The molecule has 0 radical (unpaired) electrons. The Kier molecular flexibility index (Phi) is 6.99. The Balaban J connectivity index is 2.97. The fourth-order valence-electron chi connectivity index (χ4n) is 2.25. The van der Waals surface area contributed by atoms with Crippen LogP contribution in [0.15, 0.2) is 0 Å². The second kappa shape index (κ2) is 8.25. The van der Waals surface area contributed by atoms with Crippen molar-refractivity contribution in [3.05, 3.63) is 10.6 Å². The molecular formula is C15H26N2O2S. The smallest absolute Gasteiger partial charge is 0.347 e. The van der Waals surface area contributed by atoms with Gasteiger partial charge in [-0.1, -0.05) is 51.4 Å². The van der Waals surface area contributed by atoms with E-state index in [2.05, 4.69) is 30.7 Å². The molecule has 1 aromatic rings. The summed E-state index contributed by atoms with van der Waals surface area (Å²) in [5.74, 6) is -0.211. The van der Waals surface area contributed by atoms with Gasteiger partial charge in [0.05, 0.1) is 5.69 Å². The summed E-state index contributed by atoms with van der Waals surface area (Å²) in [6.07, 6.45) is 3.95. The first-order valence-electron chi connectivity index (χ1n) is 7.55. The van der Waals surface area contributed by atoms with Crippen LogP contribution < -0.4 is 4.90 Å². The minimum atomic E-state index is -0.851. The van der Waals surface area contributed by atoms with Gasteiger partial charge in [0.25, 0.3) is 0 Å². The van der Waals surface area contributed by atoms with Gasteiger partial charge in [0.2, 0.25) is 0 Å². The third-order valence-corrected chi connectivity index (χ3v) is 4.80. The normalized spacial score (nSPS) is 11.1. The first-order chi connectivity index (χ1) is 9.57. The molecule has 1 rings (SSSR count). The van der Waals surface area contributed by atoms with Gasteiger partial charge in [-0.05, 0) is 19.3 Å². The van der Waals surface area contributed by atoms with Crippen LogP contribution in [0.5, 0.6) is 0 Å². The lowest BCUT2D eigenvalue weighted by Crippen LogP contribution is -2.28. The van der Waals surface area contributed by atoms with E-state index in [1.165, 1.54) is 11.3 Å². The Morgan fingerprint density at radius 3 is 2.40 bits per heavy atom. The van der Waals surface area contributed by atoms with Crippen molar-refractivity contribution < 1.29 is 9.90 Å². The third kappa shape index (κ3) is 4.20. The second-order valence-corrected chi connectivity index (χ2v) is 6.03. The van der Waals surface area contributed by atoms with Gasteiger partial charge in [-0.3, -0.25) is 0 Å². The number of carboxylic acid groups (broad SMARTS) is 1. The summed E-state index contributed by atoms with van der Waals surface area (Å²) in [6, 6.07) is 0. The highest BCUT2D eigenvalue weighted by Crippen LogP contribution is 2.28. The molecule has 0 amide bonds. The van der Waals surface area contributed by atoms with Crippen LogP contribution in [-0.2, 0) is 6.42 Å². The van der Waals surface area contributed by atoms with E-state index in [0.29, 0.717) is 10.8 Å². The Morgan fingerprint density at radius 1 is 1.30 bits per heavy atom. The van der Waals surface area contributed by atoms with Crippen LogP contribution in [0.2, 0.25) is 0 Å². The molecule has 0 spiro atoms. The van der Waals surface area contributed by atoms with Crippen molar-refractivity contribution in [3.63, 3.8) is 0 Å². The predicted octanol–water partition coefficient (Wildman–Crippen LogP) is 4.06. The van der Waals surface area contributed by atoms with Crippen molar-refractivity contribution in [1.29, 1.82) is 0 Å². The summed E-state index contributed by atoms with van der Waals surface area (Å²) in [6.45, 7) is 10.4. The van der Waals surface area contributed by atoms with Crippen LogP contribution in [0, 0.1) is 5.92 Å². The Hall–Kier alpha value is -1.10. The average Bonchev–Trinajstić information content (AvgIpc) is 2.85. The fraction of sp³-hybridized carbons (Fsp3) is 0.733. The molecule has 0 aliphatic rings. The molecule has 1 aromatic heterocycles. The molecule has 0 fully saturated rings. The van der Waals surface area contributed by atoms with E-state index in [-0.39, 0.29) is 0 Å². The van der Waals surface area contributed by atoms with E-state index in [1.807, 2.05) is 6.92 Å². The second-order valence-electron chi connectivity index (χ2n) is 5.05. The number of aromatic nitrogens is 1. The molecular weight excluding hydrogens is 272 g/mol. The quantitative estimate of drug-likeness (QED) is 0.747. The SMILES string of the molecule is CCCc1nc(N(CC)CC(CC)CC)sc1C(=O)O. The zero-order chi connectivity index (χ0) is 15.1. The van der Waals surface area contributed by atoms with Crippen molar-refractivity contribution >= 4 is 22.4 Å². The maximum Gasteiger partial charge on any atom is 0.347 e. The van der Waals surface area contributed by atoms with Gasteiger partial charge >= 0.3 is 5.97 Å². The van der Waals surface area contributed by atoms with Gasteiger partial charge in [-0.2, -0.15) is 0 Å². The molecule has 20 heavy (non-hydrogen) atoms. The molecule has 0 atom stereocenters. The predicted molar refractivity (Wildman–Crippen MR) is 85.0 cm³/mol. The minimum Gasteiger partial charge on any atom is -0.477 e. The van der Waals surface area contributed by atoms with Crippen LogP contribution in [-0.4, -0.2) is 29.1 Å². The molecule has 1 heterocycles. The summed E-state index contributed by atoms with van der Waals surface area (Å²) in [7, 11) is 0. The summed E-state index contributed by atoms with van der Waals surface area (Å²) < 4.78 is 0. The lowest BCUT2D eigenvalue weighted by atomic mass is 10.0. The van der Waals surface area contributed by atoms with Crippen LogP contribution >= 0.6 is 11.3 Å². The number of rotatable bonds is 9. The number of aryl methyl sites for hydroxylation is 1. The van der Waals surface area contributed by atoms with Crippen LogP contribution in [0.1, 0.15) is 62.3 Å². The van der Waals surface area contributed by atoms with Gasteiger partial charge in [0.1, 0.15) is 4.88 Å². The van der Waals surface area contributed by atoms with Crippen molar-refractivity contribution in [1.82, 2.24) is 4.98 Å². The zero-order valence-electron chi connectivity index (χ0n) is 13.0. The number of anilines is 1. The van der Waals surface area contributed by atoms with Crippen molar-refractivity contribution in [2.24, 2.45) is 5.92 Å². The summed E-state index contributed by atoms with van der Waals surface area (Å²) in [4.78, 5) is 18.5. The minimum absolute atomic E-state index is 0.407. The van der Waals surface area contributed by atoms with Gasteiger partial charge in [-0.25, -0.2) is 9.78 Å². The van der Waals surface area contributed by atoms with Gasteiger partial charge in [0, 0.05) is 13.1 Å². The third-order valence-electron chi connectivity index (χ3n) is 3.65. The number of carbonyl (C=O) groups is 1. The largest absolute Gasteiger partial charge is 0.477 e. The highest BCUT2D eigenvalue weighted by molar-refractivity contribution is 7.17. The Bertz CT molecular complexity index is 428. The summed E-state index contributed by atoms with van der Waals surface area (Å²) in [5.41, 5.74) is 0.739. The maximum atomic E-state index is 11.3. The van der Waals surface area contributed by atoms with Gasteiger partial charge in [0.15, 0.2) is 5.13 Å². The molecule has 114 valence electrons. The first kappa shape index (κ1) is 17.0. The van der Waals surface area contributed by atoms with Gasteiger partial charge < -0.3 is 10.0 Å². The van der Waals surface area contributed by atoms with Crippen molar-refractivity contribution in [2.45, 2.75) is 53.4 Å². The van der Waals surface area contributed by atoms with Crippen LogP contribution in [0.3, 0.4) is 0 Å². The lowest BCUT2D eigenvalue weighted by molar-refractivity contribution is 0.0700. The van der Waals surface area contributed by atoms with E-state index in [0.717, 1.165) is 49.6 Å². The number of carboxylic acids is 1. The van der Waals surface area contributed by atoms with Crippen molar-refractivity contribution in [2.75, 3.05) is 18.0 Å². The van der Waals surface area contributed by atoms with Gasteiger partial charge in [-0.15, -0.1) is 0 Å². The monoisotopic (exact) mass is 298 g/mol. The number of nitrogens with zero attached hydrogens (tertiary/aromatic N) is 2. The molecule has 0 unspecified atom stereocenters. The molecule has 0 aliphatic heterocycles. The number of hydrogen-bond acceptors (Lipinski definition) is 4. The maximum absolute atomic E-state index is 11.3. The van der Waals surface area contributed by atoms with E-state index >= 15 is 0 Å². The van der Waals surface area contributed by atoms with E-state index < -0.39 is 5.97 Å². The van der Waals surface area contributed by atoms with Crippen molar-refractivity contribution in [3.8, 4) is 0 Å². The lowest BCUT2D eigenvalue weighted by Gasteiger charge is -2.24. The first-order valence-corrected chi connectivity index (χ1v) is 8.36. The average molecular weight is 298 g/mol. The highest BCUT2D eigenvalue weighted by Gasteiger charge is 2.20. The van der Waals surface area contributed by atoms with E-state index in [4.69, 9.17) is 0 Å². The fourth-order valence-corrected chi connectivity index (χ4v) is 3.27. The molecule has 0 bridgehead atoms. The van der Waals surface area contributed by atoms with E-state index in [9.17, 15) is 9.90 Å². The van der Waals surface area contributed by atoms with E-state index in [1.54, 1.807) is 0 Å².